The Morgan fingerprint density at radius 2 is 1.90 bits per heavy atom. The van der Waals surface area contributed by atoms with Gasteiger partial charge in [0, 0.05) is 12.7 Å². The Labute approximate surface area is 119 Å². The van der Waals surface area contributed by atoms with E-state index >= 15 is 0 Å². The zero-order chi connectivity index (χ0) is 15.0. The number of hydrogen-bond donors (Lipinski definition) is 1. The van der Waals surface area contributed by atoms with Crippen molar-refractivity contribution in [2.45, 2.75) is 38.9 Å². The summed E-state index contributed by atoms with van der Waals surface area (Å²) in [6.45, 7) is 8.18. The van der Waals surface area contributed by atoms with Gasteiger partial charge in [0.1, 0.15) is 5.82 Å². The van der Waals surface area contributed by atoms with Crippen LogP contribution in [0, 0.1) is 5.82 Å². The monoisotopic (exact) mass is 278 g/mol. The average Bonchev–Trinajstić information content (AvgIpc) is 2.55. The van der Waals surface area contributed by atoms with Crippen molar-refractivity contribution < 1.29 is 13.7 Å². The Hall–Kier alpha value is -1.24. The van der Waals surface area contributed by atoms with Crippen LogP contribution in [0.15, 0.2) is 23.9 Å². The fourth-order valence-corrected chi connectivity index (χ4v) is 1.94. The normalized spacial score (nSPS) is 21.3. The topological polar surface area (TPSA) is 57.4 Å². The van der Waals surface area contributed by atoms with Crippen molar-refractivity contribution in [3.63, 3.8) is 0 Å². The molecule has 2 rings (SSSR count). The number of nitrogens with two attached hydrogens (primary N) is 1. The van der Waals surface area contributed by atoms with Gasteiger partial charge in [-0.25, -0.2) is 4.39 Å². The van der Waals surface area contributed by atoms with Gasteiger partial charge >= 0.3 is 7.12 Å². The van der Waals surface area contributed by atoms with Crippen LogP contribution in [0.4, 0.5) is 4.39 Å². The van der Waals surface area contributed by atoms with E-state index in [-0.39, 0.29) is 12.4 Å². The number of hydrogen-bond acceptors (Lipinski definition) is 4. The van der Waals surface area contributed by atoms with E-state index in [1.807, 2.05) is 27.7 Å². The Kier molecular flexibility index (Phi) is 4.00. The smallest absolute Gasteiger partial charge is 0.400 e. The molecule has 1 aliphatic rings. The molecule has 0 bridgehead atoms. The van der Waals surface area contributed by atoms with Crippen LogP contribution in [0.25, 0.3) is 6.08 Å². The van der Waals surface area contributed by atoms with Gasteiger partial charge in [0.25, 0.3) is 0 Å². The minimum atomic E-state index is -0.520. The van der Waals surface area contributed by atoms with E-state index in [0.29, 0.717) is 5.56 Å². The summed E-state index contributed by atoms with van der Waals surface area (Å²) in [5.41, 5.74) is 6.32. The van der Waals surface area contributed by atoms with Gasteiger partial charge in [-0.1, -0.05) is 6.08 Å². The minimum absolute atomic E-state index is 0.271. The minimum Gasteiger partial charge on any atom is -0.400 e. The SMILES string of the molecule is CC1(C)OB(C(=Cc2cncc(F)c2)CN)OC1(C)C. The van der Waals surface area contributed by atoms with Crippen LogP contribution in [0.3, 0.4) is 0 Å². The standard InChI is InChI=1S/C14H20BFN2O2/c1-13(2)14(3,4)20-15(19-13)11(7-17)5-10-6-12(16)9-18-8-10/h5-6,8-9H,7,17H2,1-4H3. The van der Waals surface area contributed by atoms with E-state index in [2.05, 4.69) is 4.98 Å². The zero-order valence-electron chi connectivity index (χ0n) is 12.3. The predicted molar refractivity (Wildman–Crippen MR) is 77.3 cm³/mol. The van der Waals surface area contributed by atoms with Gasteiger partial charge in [-0.05, 0) is 44.8 Å². The van der Waals surface area contributed by atoms with Gasteiger partial charge in [0.15, 0.2) is 0 Å². The number of rotatable bonds is 3. The van der Waals surface area contributed by atoms with Crippen LogP contribution >= 0.6 is 0 Å². The molecule has 20 heavy (non-hydrogen) atoms. The van der Waals surface area contributed by atoms with E-state index in [1.54, 1.807) is 12.3 Å². The van der Waals surface area contributed by atoms with Crippen molar-refractivity contribution in [3.8, 4) is 0 Å². The maximum Gasteiger partial charge on any atom is 0.491 e. The van der Waals surface area contributed by atoms with Crippen LogP contribution in [0.5, 0.6) is 0 Å². The Morgan fingerprint density at radius 1 is 1.30 bits per heavy atom. The highest BCUT2D eigenvalue weighted by Gasteiger charge is 2.52. The van der Waals surface area contributed by atoms with Crippen molar-refractivity contribution in [1.29, 1.82) is 0 Å². The number of pyridine rings is 1. The molecule has 2 N–H and O–H groups in total. The van der Waals surface area contributed by atoms with Crippen LogP contribution in [-0.4, -0.2) is 29.8 Å². The Morgan fingerprint density at radius 3 is 2.40 bits per heavy atom. The molecule has 0 atom stereocenters. The number of halogens is 1. The van der Waals surface area contributed by atoms with Gasteiger partial charge in [-0.2, -0.15) is 0 Å². The van der Waals surface area contributed by atoms with E-state index in [1.165, 1.54) is 6.07 Å². The zero-order valence-corrected chi connectivity index (χ0v) is 12.3. The van der Waals surface area contributed by atoms with Crippen LogP contribution < -0.4 is 5.73 Å². The highest BCUT2D eigenvalue weighted by molar-refractivity contribution is 6.55. The van der Waals surface area contributed by atoms with Crippen molar-refractivity contribution >= 4 is 13.2 Å². The lowest BCUT2D eigenvalue weighted by atomic mass is 9.77. The van der Waals surface area contributed by atoms with Gasteiger partial charge in [0.05, 0.1) is 17.4 Å². The first-order valence-electron chi connectivity index (χ1n) is 6.62. The summed E-state index contributed by atoms with van der Waals surface area (Å²) in [6.07, 6.45) is 4.50. The Balaban J connectivity index is 2.26. The highest BCUT2D eigenvalue weighted by Crippen LogP contribution is 2.38. The average molecular weight is 278 g/mol. The lowest BCUT2D eigenvalue weighted by Crippen LogP contribution is -2.41. The first-order chi connectivity index (χ1) is 9.25. The molecule has 0 aromatic carbocycles. The molecule has 6 heteroatoms. The maximum atomic E-state index is 13.2. The molecular weight excluding hydrogens is 258 g/mol. The fourth-order valence-electron chi connectivity index (χ4n) is 1.94. The lowest BCUT2D eigenvalue weighted by molar-refractivity contribution is 0.00578. The molecule has 4 nitrogen and oxygen atoms in total. The fraction of sp³-hybridized carbons (Fsp3) is 0.500. The van der Waals surface area contributed by atoms with Crippen molar-refractivity contribution in [2.24, 2.45) is 5.73 Å². The second-order valence-corrected chi connectivity index (χ2v) is 5.95. The van der Waals surface area contributed by atoms with Gasteiger partial charge < -0.3 is 15.0 Å². The molecule has 2 heterocycles. The van der Waals surface area contributed by atoms with Crippen LogP contribution in [-0.2, 0) is 9.31 Å². The summed E-state index contributed by atoms with van der Waals surface area (Å²) in [4.78, 5) is 3.81. The molecule has 0 unspecified atom stereocenters. The molecule has 0 spiro atoms. The molecule has 1 fully saturated rings. The maximum absolute atomic E-state index is 13.2. The first kappa shape index (κ1) is 15.2. The van der Waals surface area contributed by atoms with Gasteiger partial charge in [-0.15, -0.1) is 0 Å². The molecule has 1 saturated heterocycles. The molecular formula is C14H20BFN2O2. The third-order valence-corrected chi connectivity index (χ3v) is 3.87. The summed E-state index contributed by atoms with van der Waals surface area (Å²) in [6, 6.07) is 1.40. The molecule has 0 radical (unpaired) electrons. The quantitative estimate of drug-likeness (QED) is 0.861. The van der Waals surface area contributed by atoms with Crippen LogP contribution in [0.1, 0.15) is 33.3 Å². The predicted octanol–water partition coefficient (Wildman–Crippen LogP) is 2.19. The van der Waals surface area contributed by atoms with Crippen molar-refractivity contribution in [2.75, 3.05) is 6.54 Å². The van der Waals surface area contributed by atoms with E-state index in [0.717, 1.165) is 11.7 Å². The number of nitrogens with zero attached hydrogens (tertiary/aromatic N) is 1. The Bertz CT molecular complexity index is 516. The van der Waals surface area contributed by atoms with Crippen molar-refractivity contribution in [3.05, 3.63) is 35.3 Å². The van der Waals surface area contributed by atoms with Gasteiger partial charge in [0.2, 0.25) is 0 Å². The summed E-state index contributed by atoms with van der Waals surface area (Å²) >= 11 is 0. The summed E-state index contributed by atoms with van der Waals surface area (Å²) in [5.74, 6) is -0.385. The second kappa shape index (κ2) is 5.28. The summed E-state index contributed by atoms with van der Waals surface area (Å²) < 4.78 is 25.0. The van der Waals surface area contributed by atoms with Crippen LogP contribution in [0.2, 0.25) is 0 Å². The molecule has 0 saturated carbocycles. The molecule has 1 aromatic rings. The van der Waals surface area contributed by atoms with E-state index < -0.39 is 18.3 Å². The van der Waals surface area contributed by atoms with E-state index in [4.69, 9.17) is 15.0 Å². The molecule has 108 valence electrons. The molecule has 1 aliphatic heterocycles. The second-order valence-electron chi connectivity index (χ2n) is 5.95. The third kappa shape index (κ3) is 2.92. The molecule has 1 aromatic heterocycles. The molecule has 0 aliphatic carbocycles. The number of aromatic nitrogens is 1. The largest absolute Gasteiger partial charge is 0.491 e. The van der Waals surface area contributed by atoms with E-state index in [9.17, 15) is 4.39 Å². The lowest BCUT2D eigenvalue weighted by Gasteiger charge is -2.32. The first-order valence-corrected chi connectivity index (χ1v) is 6.62. The van der Waals surface area contributed by atoms with Gasteiger partial charge in [-0.3, -0.25) is 4.98 Å². The summed E-state index contributed by atoms with van der Waals surface area (Å²) in [7, 11) is -0.520. The van der Waals surface area contributed by atoms with Crippen molar-refractivity contribution in [1.82, 2.24) is 4.98 Å². The summed E-state index contributed by atoms with van der Waals surface area (Å²) in [5, 5.41) is 0. The highest BCUT2D eigenvalue weighted by atomic mass is 19.1. The molecule has 0 amide bonds. The third-order valence-electron chi connectivity index (χ3n) is 3.87.